The Kier molecular flexibility index (Phi) is 6.95. The smallest absolute Gasteiger partial charge is 0.340 e. The summed E-state index contributed by atoms with van der Waals surface area (Å²) in [5.41, 5.74) is 0. The molecule has 0 saturated carbocycles. The van der Waals surface area contributed by atoms with Crippen LogP contribution in [0.4, 0.5) is 13.2 Å². The summed E-state index contributed by atoms with van der Waals surface area (Å²) < 4.78 is 38.1. The van der Waals surface area contributed by atoms with Crippen LogP contribution in [0.25, 0.3) is 0 Å². The highest BCUT2D eigenvalue weighted by Crippen LogP contribution is 2.26. The molecule has 0 radical (unpaired) electrons. The molecule has 2 saturated heterocycles. The van der Waals surface area contributed by atoms with Gasteiger partial charge in [-0.15, -0.1) is 12.4 Å². The normalized spacial score (nSPS) is 28.9. The van der Waals surface area contributed by atoms with Crippen LogP contribution in [0, 0.1) is 5.92 Å². The van der Waals surface area contributed by atoms with Gasteiger partial charge in [0, 0.05) is 38.1 Å². The van der Waals surface area contributed by atoms with Gasteiger partial charge in [-0.25, -0.2) is 0 Å². The summed E-state index contributed by atoms with van der Waals surface area (Å²) in [7, 11) is 0. The fourth-order valence-corrected chi connectivity index (χ4v) is 3.15. The van der Waals surface area contributed by atoms with Crippen molar-refractivity contribution in [2.75, 3.05) is 32.7 Å². The molecule has 22 heavy (non-hydrogen) atoms. The van der Waals surface area contributed by atoms with Crippen LogP contribution < -0.4 is 5.32 Å². The average molecular weight is 344 g/mol. The van der Waals surface area contributed by atoms with E-state index < -0.39 is 12.2 Å². The van der Waals surface area contributed by atoms with Crippen molar-refractivity contribution >= 4 is 18.3 Å². The fraction of sp³-hybridized carbons (Fsp3) is 0.929. The van der Waals surface area contributed by atoms with Crippen LogP contribution in [0.15, 0.2) is 0 Å². The minimum absolute atomic E-state index is 0. The highest BCUT2D eigenvalue weighted by molar-refractivity contribution is 5.85. The first kappa shape index (κ1) is 19.5. The highest BCUT2D eigenvalue weighted by Gasteiger charge is 2.41. The zero-order valence-electron chi connectivity index (χ0n) is 13.0. The van der Waals surface area contributed by atoms with Crippen LogP contribution in [0.3, 0.4) is 0 Å². The van der Waals surface area contributed by atoms with Crippen LogP contribution in [-0.4, -0.2) is 66.7 Å². The second-order valence-corrected chi connectivity index (χ2v) is 6.16. The van der Waals surface area contributed by atoms with E-state index in [1.165, 1.54) is 11.8 Å². The van der Waals surface area contributed by atoms with E-state index in [0.717, 1.165) is 19.4 Å². The third-order valence-corrected chi connectivity index (χ3v) is 4.62. The summed E-state index contributed by atoms with van der Waals surface area (Å²) in [6, 6.07) is -1.10. The number of piperazine rings is 1. The van der Waals surface area contributed by atoms with Gasteiger partial charge >= 0.3 is 6.18 Å². The molecule has 8 heteroatoms. The zero-order valence-corrected chi connectivity index (χ0v) is 13.8. The monoisotopic (exact) mass is 343 g/mol. The van der Waals surface area contributed by atoms with Gasteiger partial charge in [0.05, 0.1) is 0 Å². The molecule has 0 aromatic rings. The number of rotatable bonds is 2. The molecule has 0 aromatic carbocycles. The molecular weight excluding hydrogens is 319 g/mol. The van der Waals surface area contributed by atoms with Crippen LogP contribution in [0.2, 0.25) is 0 Å². The lowest BCUT2D eigenvalue weighted by atomic mass is 9.92. The van der Waals surface area contributed by atoms with Crippen molar-refractivity contribution in [1.82, 2.24) is 15.1 Å². The molecule has 0 aliphatic carbocycles. The van der Waals surface area contributed by atoms with Crippen LogP contribution >= 0.6 is 12.4 Å². The Labute approximate surface area is 135 Å². The average Bonchev–Trinajstić information content (AvgIpc) is 2.45. The Hall–Kier alpha value is -0.530. The van der Waals surface area contributed by atoms with Gasteiger partial charge < -0.3 is 10.2 Å². The summed E-state index contributed by atoms with van der Waals surface area (Å²) in [6.07, 6.45) is -2.56. The molecular formula is C14H25ClF3N3O. The van der Waals surface area contributed by atoms with Gasteiger partial charge in [0.2, 0.25) is 5.91 Å². The van der Waals surface area contributed by atoms with E-state index in [2.05, 4.69) is 12.2 Å². The van der Waals surface area contributed by atoms with Crippen molar-refractivity contribution in [1.29, 1.82) is 0 Å². The minimum Gasteiger partial charge on any atom is -0.340 e. The van der Waals surface area contributed by atoms with Crippen LogP contribution in [0.1, 0.15) is 26.7 Å². The Bertz CT molecular complexity index is 373. The maximum absolute atomic E-state index is 12.7. The van der Waals surface area contributed by atoms with Gasteiger partial charge in [0.25, 0.3) is 0 Å². The van der Waals surface area contributed by atoms with Crippen molar-refractivity contribution in [2.45, 2.75) is 44.9 Å². The van der Waals surface area contributed by atoms with Crippen molar-refractivity contribution < 1.29 is 18.0 Å². The number of piperidine rings is 1. The van der Waals surface area contributed by atoms with E-state index >= 15 is 0 Å². The lowest BCUT2D eigenvalue weighted by Gasteiger charge is -2.40. The topological polar surface area (TPSA) is 35.6 Å². The van der Waals surface area contributed by atoms with Gasteiger partial charge in [0.1, 0.15) is 6.04 Å². The molecule has 2 rings (SSSR count). The first-order chi connectivity index (χ1) is 9.79. The second-order valence-electron chi connectivity index (χ2n) is 6.16. The molecule has 4 nitrogen and oxygen atoms in total. The number of hydrogen-bond acceptors (Lipinski definition) is 3. The van der Waals surface area contributed by atoms with Crippen LogP contribution in [-0.2, 0) is 4.79 Å². The zero-order chi connectivity index (χ0) is 15.6. The summed E-state index contributed by atoms with van der Waals surface area (Å²) in [6.45, 7) is 5.48. The molecule has 1 N–H and O–H groups in total. The first-order valence-corrected chi connectivity index (χ1v) is 7.62. The van der Waals surface area contributed by atoms with Crippen LogP contribution in [0.5, 0.6) is 0 Å². The molecule has 0 bridgehead atoms. The van der Waals surface area contributed by atoms with E-state index in [0.29, 0.717) is 32.2 Å². The van der Waals surface area contributed by atoms with Gasteiger partial charge in [0.15, 0.2) is 0 Å². The number of alkyl halides is 3. The highest BCUT2D eigenvalue weighted by atomic mass is 35.5. The number of hydrogen-bond donors (Lipinski definition) is 1. The number of carbonyl (C=O) groups is 1. The predicted octanol–water partition coefficient (Wildman–Crippen LogP) is 1.89. The third-order valence-electron chi connectivity index (χ3n) is 4.62. The molecule has 2 aliphatic rings. The minimum atomic E-state index is -4.20. The van der Waals surface area contributed by atoms with Gasteiger partial charge in [-0.2, -0.15) is 13.2 Å². The van der Waals surface area contributed by atoms with Gasteiger partial charge in [-0.3, -0.25) is 9.69 Å². The number of amides is 1. The Balaban J connectivity index is 0.00000242. The summed E-state index contributed by atoms with van der Waals surface area (Å²) in [5, 5.41) is 3.30. The molecule has 3 atom stereocenters. The molecule has 2 aliphatic heterocycles. The lowest BCUT2D eigenvalue weighted by molar-refractivity contribution is -0.183. The fourth-order valence-electron chi connectivity index (χ4n) is 3.15. The van der Waals surface area contributed by atoms with Gasteiger partial charge in [-0.1, -0.05) is 0 Å². The summed E-state index contributed by atoms with van der Waals surface area (Å²) in [5.74, 6) is 0.135. The third kappa shape index (κ3) is 4.73. The molecule has 1 amide bonds. The van der Waals surface area contributed by atoms with E-state index in [4.69, 9.17) is 0 Å². The van der Waals surface area contributed by atoms with Gasteiger partial charge in [-0.05, 0) is 33.2 Å². The lowest BCUT2D eigenvalue weighted by Crippen LogP contribution is -2.56. The maximum Gasteiger partial charge on any atom is 0.403 e. The van der Waals surface area contributed by atoms with E-state index in [9.17, 15) is 18.0 Å². The van der Waals surface area contributed by atoms with Crippen molar-refractivity contribution in [2.24, 2.45) is 5.92 Å². The Morgan fingerprint density at radius 1 is 1.23 bits per heavy atom. The molecule has 130 valence electrons. The second kappa shape index (κ2) is 7.84. The summed E-state index contributed by atoms with van der Waals surface area (Å²) in [4.78, 5) is 15.6. The predicted molar refractivity (Wildman–Crippen MR) is 81.1 cm³/mol. The number of carbonyl (C=O) groups excluding carboxylic acids is 1. The molecule has 1 unspecified atom stereocenters. The van der Waals surface area contributed by atoms with Crippen molar-refractivity contribution in [3.05, 3.63) is 0 Å². The number of nitrogens with zero attached hydrogens (tertiary/aromatic N) is 2. The maximum atomic E-state index is 12.7. The SMILES string of the molecule is CC(N1CCN(C(=O)[C@H]2CCN[C@@H](C)C2)CC1)C(F)(F)F.Cl. The molecule has 2 fully saturated rings. The number of nitrogens with one attached hydrogen (secondary N) is 1. The number of halogens is 4. The molecule has 0 spiro atoms. The molecule has 0 aromatic heterocycles. The largest absolute Gasteiger partial charge is 0.403 e. The van der Waals surface area contributed by atoms with Crippen molar-refractivity contribution in [3.8, 4) is 0 Å². The first-order valence-electron chi connectivity index (χ1n) is 7.62. The summed E-state index contributed by atoms with van der Waals surface area (Å²) >= 11 is 0. The molecule has 2 heterocycles. The quantitative estimate of drug-likeness (QED) is 0.831. The van der Waals surface area contributed by atoms with E-state index in [-0.39, 0.29) is 24.2 Å². The Morgan fingerprint density at radius 2 is 1.82 bits per heavy atom. The van der Waals surface area contributed by atoms with Crippen molar-refractivity contribution in [3.63, 3.8) is 0 Å². The van der Waals surface area contributed by atoms with E-state index in [1.807, 2.05) is 0 Å². The van der Waals surface area contributed by atoms with E-state index in [1.54, 1.807) is 4.90 Å². The Morgan fingerprint density at radius 3 is 2.32 bits per heavy atom. The standard InChI is InChI=1S/C14H24F3N3O.ClH/c1-10-9-12(3-4-18-10)13(21)20-7-5-19(6-8-20)11(2)14(15,16)17;/h10-12,18H,3-9H2,1-2H3;1H/t10-,11?,12-;/m0./s1.